The van der Waals surface area contributed by atoms with E-state index < -0.39 is 0 Å². The number of hydrogen-bond acceptors (Lipinski definition) is 5. The molecule has 0 aromatic heterocycles. The van der Waals surface area contributed by atoms with Crippen molar-refractivity contribution in [1.29, 1.82) is 0 Å². The molecule has 0 saturated carbocycles. The van der Waals surface area contributed by atoms with E-state index in [9.17, 15) is 15.2 Å². The summed E-state index contributed by atoms with van der Waals surface area (Å²) in [5, 5.41) is 23.2. The molecule has 1 heterocycles. The lowest BCUT2D eigenvalue weighted by atomic mass is 9.87. The summed E-state index contributed by atoms with van der Waals surface area (Å²) in [6, 6.07) is 6.65. The van der Waals surface area contributed by atoms with Crippen LogP contribution in [0, 0.1) is 15.5 Å². The molecular formula is C12H16N2O4. The van der Waals surface area contributed by atoms with Gasteiger partial charge in [-0.15, -0.1) is 0 Å². The van der Waals surface area contributed by atoms with E-state index in [2.05, 4.69) is 5.32 Å². The molecule has 98 valence electrons. The van der Waals surface area contributed by atoms with Crippen molar-refractivity contribution < 1.29 is 14.8 Å². The Bertz CT molecular complexity index is 426. The maximum atomic E-state index is 10.8. The largest absolute Gasteiger partial charge is 0.396 e. The van der Waals surface area contributed by atoms with Crippen molar-refractivity contribution in [2.75, 3.05) is 26.4 Å². The van der Waals surface area contributed by atoms with Crippen molar-refractivity contribution >= 4 is 5.69 Å². The Morgan fingerprint density at radius 2 is 2.17 bits per heavy atom. The Morgan fingerprint density at radius 1 is 1.44 bits per heavy atom. The number of benzene rings is 1. The summed E-state index contributed by atoms with van der Waals surface area (Å²) < 4.78 is 5.09. The summed E-state index contributed by atoms with van der Waals surface area (Å²) in [6.45, 7) is 2.14. The predicted molar refractivity (Wildman–Crippen MR) is 65.1 cm³/mol. The molecule has 0 amide bonds. The number of hydrogen-bond donors (Lipinski definition) is 2. The molecule has 2 rings (SSSR count). The fourth-order valence-electron chi connectivity index (χ4n) is 1.94. The average Bonchev–Trinajstić information content (AvgIpc) is 2.33. The molecule has 0 bridgehead atoms. The van der Waals surface area contributed by atoms with E-state index in [4.69, 9.17) is 4.74 Å². The molecule has 1 aromatic carbocycles. The van der Waals surface area contributed by atoms with Crippen LogP contribution < -0.4 is 5.32 Å². The van der Waals surface area contributed by atoms with Gasteiger partial charge in [-0.3, -0.25) is 10.1 Å². The number of aliphatic hydroxyl groups excluding tert-OH is 1. The first-order chi connectivity index (χ1) is 8.67. The Hall–Kier alpha value is -1.50. The highest BCUT2D eigenvalue weighted by Gasteiger charge is 2.37. The molecule has 18 heavy (non-hydrogen) atoms. The third kappa shape index (κ3) is 2.66. The zero-order chi connectivity index (χ0) is 13.0. The van der Waals surface area contributed by atoms with E-state index in [1.807, 2.05) is 0 Å². The van der Waals surface area contributed by atoms with Gasteiger partial charge in [-0.05, 0) is 0 Å². The first kappa shape index (κ1) is 12.9. The average molecular weight is 252 g/mol. The predicted octanol–water partition coefficient (Wildman–Crippen LogP) is 0.693. The van der Waals surface area contributed by atoms with E-state index in [0.717, 1.165) is 0 Å². The van der Waals surface area contributed by atoms with Crippen molar-refractivity contribution in [3.63, 3.8) is 0 Å². The Kier molecular flexibility index (Phi) is 3.90. The van der Waals surface area contributed by atoms with Crippen molar-refractivity contribution in [3.05, 3.63) is 39.9 Å². The maximum Gasteiger partial charge on any atom is 0.273 e. The Morgan fingerprint density at radius 3 is 2.72 bits per heavy atom. The molecule has 0 aliphatic carbocycles. The van der Waals surface area contributed by atoms with Crippen molar-refractivity contribution in [2.45, 2.75) is 6.54 Å². The quantitative estimate of drug-likeness (QED) is 0.575. The van der Waals surface area contributed by atoms with Gasteiger partial charge in [0, 0.05) is 24.7 Å². The van der Waals surface area contributed by atoms with E-state index in [1.165, 1.54) is 6.07 Å². The number of aliphatic hydroxyl groups is 1. The van der Waals surface area contributed by atoms with Crippen LogP contribution in [0.5, 0.6) is 0 Å². The fraction of sp³-hybridized carbons (Fsp3) is 0.500. The molecular weight excluding hydrogens is 236 g/mol. The van der Waals surface area contributed by atoms with Gasteiger partial charge in [-0.1, -0.05) is 18.2 Å². The number of nitro groups is 1. The van der Waals surface area contributed by atoms with Gasteiger partial charge in [-0.25, -0.2) is 0 Å². The van der Waals surface area contributed by atoms with Crippen LogP contribution in [0.15, 0.2) is 24.3 Å². The summed E-state index contributed by atoms with van der Waals surface area (Å²) in [7, 11) is 0. The number of ether oxygens (including phenoxy) is 1. The minimum absolute atomic E-state index is 0.0664. The van der Waals surface area contributed by atoms with Gasteiger partial charge in [-0.2, -0.15) is 0 Å². The lowest BCUT2D eigenvalue weighted by Gasteiger charge is -2.40. The van der Waals surface area contributed by atoms with Gasteiger partial charge in [0.25, 0.3) is 5.69 Å². The molecule has 1 aromatic rings. The zero-order valence-electron chi connectivity index (χ0n) is 9.96. The Labute approximate surface area is 105 Å². The van der Waals surface area contributed by atoms with Crippen molar-refractivity contribution in [1.82, 2.24) is 5.32 Å². The second-order valence-electron chi connectivity index (χ2n) is 4.64. The summed E-state index contributed by atoms with van der Waals surface area (Å²) in [5.74, 6) is 0. The molecule has 1 aliphatic rings. The van der Waals surface area contributed by atoms with E-state index in [-0.39, 0.29) is 22.6 Å². The monoisotopic (exact) mass is 252 g/mol. The highest BCUT2D eigenvalue weighted by molar-refractivity contribution is 5.39. The number of rotatable bonds is 6. The smallest absolute Gasteiger partial charge is 0.273 e. The third-order valence-corrected chi connectivity index (χ3v) is 3.16. The normalized spacial score (nSPS) is 17.2. The van der Waals surface area contributed by atoms with Crippen LogP contribution in [0.4, 0.5) is 5.69 Å². The van der Waals surface area contributed by atoms with Crippen LogP contribution in [-0.2, 0) is 11.3 Å². The van der Waals surface area contributed by atoms with Crippen LogP contribution in [0.2, 0.25) is 0 Å². The van der Waals surface area contributed by atoms with E-state index in [0.29, 0.717) is 31.9 Å². The van der Waals surface area contributed by atoms with E-state index >= 15 is 0 Å². The minimum Gasteiger partial charge on any atom is -0.396 e. The highest BCUT2D eigenvalue weighted by Crippen LogP contribution is 2.26. The molecule has 1 fully saturated rings. The molecule has 0 spiro atoms. The SMILES string of the molecule is O=[N+]([O-])c1ccccc1CNCC1(CO)COC1. The molecule has 1 aliphatic heterocycles. The first-order valence-electron chi connectivity index (χ1n) is 5.78. The van der Waals surface area contributed by atoms with E-state index in [1.54, 1.807) is 18.2 Å². The topological polar surface area (TPSA) is 84.6 Å². The number of nitrogens with zero attached hydrogens (tertiary/aromatic N) is 1. The van der Waals surface area contributed by atoms with Gasteiger partial charge in [0.2, 0.25) is 0 Å². The molecule has 0 radical (unpaired) electrons. The maximum absolute atomic E-state index is 10.8. The van der Waals surface area contributed by atoms with Crippen LogP contribution in [0.25, 0.3) is 0 Å². The van der Waals surface area contributed by atoms with Crippen LogP contribution >= 0.6 is 0 Å². The van der Waals surface area contributed by atoms with Gasteiger partial charge in [0.15, 0.2) is 0 Å². The standard InChI is InChI=1S/C12H16N2O4/c15-7-12(8-18-9-12)6-13-5-10-3-1-2-4-11(10)14(16)17/h1-4,13,15H,5-9H2. The summed E-state index contributed by atoms with van der Waals surface area (Å²) in [6.07, 6.45) is 0. The second kappa shape index (κ2) is 5.43. The van der Waals surface area contributed by atoms with Gasteiger partial charge >= 0.3 is 0 Å². The van der Waals surface area contributed by atoms with Gasteiger partial charge in [0.1, 0.15) is 0 Å². The molecule has 6 nitrogen and oxygen atoms in total. The number of nitrogens with one attached hydrogen (secondary N) is 1. The van der Waals surface area contributed by atoms with Crippen molar-refractivity contribution in [2.24, 2.45) is 5.41 Å². The molecule has 0 atom stereocenters. The van der Waals surface area contributed by atoms with Crippen LogP contribution in [0.1, 0.15) is 5.56 Å². The van der Waals surface area contributed by atoms with Crippen molar-refractivity contribution in [3.8, 4) is 0 Å². The van der Waals surface area contributed by atoms with Gasteiger partial charge in [0.05, 0.1) is 30.2 Å². The van der Waals surface area contributed by atoms with Gasteiger partial charge < -0.3 is 15.2 Å². The van der Waals surface area contributed by atoms with Crippen LogP contribution in [-0.4, -0.2) is 36.4 Å². The zero-order valence-corrected chi connectivity index (χ0v) is 9.96. The summed E-state index contributed by atoms with van der Waals surface area (Å²) in [4.78, 5) is 10.4. The second-order valence-corrected chi connectivity index (χ2v) is 4.64. The molecule has 2 N–H and O–H groups in total. The summed E-state index contributed by atoms with van der Waals surface area (Å²) >= 11 is 0. The molecule has 1 saturated heterocycles. The number of nitro benzene ring substituents is 1. The Balaban J connectivity index is 1.92. The minimum atomic E-state index is -0.384. The lowest BCUT2D eigenvalue weighted by molar-refractivity contribution is -0.385. The molecule has 0 unspecified atom stereocenters. The fourth-order valence-corrected chi connectivity index (χ4v) is 1.94. The third-order valence-electron chi connectivity index (χ3n) is 3.16. The lowest BCUT2D eigenvalue weighted by Crippen LogP contribution is -2.52. The summed E-state index contributed by atoms with van der Waals surface area (Å²) in [5.41, 5.74) is 0.549. The number of para-hydroxylation sites is 1. The van der Waals surface area contributed by atoms with Crippen LogP contribution in [0.3, 0.4) is 0 Å². The highest BCUT2D eigenvalue weighted by atomic mass is 16.6. The first-order valence-corrected chi connectivity index (χ1v) is 5.78. The molecule has 6 heteroatoms.